The summed E-state index contributed by atoms with van der Waals surface area (Å²) < 4.78 is 45.6. The Bertz CT molecular complexity index is 565. The number of alkyl halides is 3. The number of esters is 1. The van der Waals surface area contributed by atoms with Gasteiger partial charge in [0.05, 0.1) is 18.6 Å². The van der Waals surface area contributed by atoms with Gasteiger partial charge in [-0.25, -0.2) is 0 Å². The topological polar surface area (TPSA) is 85.3 Å². The maximum Gasteiger partial charge on any atom is 0.573 e. The van der Waals surface area contributed by atoms with Crippen LogP contribution in [0.4, 0.5) is 13.2 Å². The second kappa shape index (κ2) is 6.95. The van der Waals surface area contributed by atoms with Crippen LogP contribution in [-0.4, -0.2) is 18.9 Å². The minimum absolute atomic E-state index is 0.00864. The fraction of sp³-hybridized carbons (Fsp3) is 0.385. The summed E-state index contributed by atoms with van der Waals surface area (Å²) in [5, 5.41) is 8.94. The molecule has 5 nitrogen and oxygen atoms in total. The number of nitrogens with two attached hydrogens (primary N) is 1. The van der Waals surface area contributed by atoms with Crippen molar-refractivity contribution in [1.82, 2.24) is 0 Å². The van der Waals surface area contributed by atoms with E-state index in [1.165, 1.54) is 6.07 Å². The van der Waals surface area contributed by atoms with Gasteiger partial charge in [0.25, 0.3) is 0 Å². The summed E-state index contributed by atoms with van der Waals surface area (Å²) >= 11 is 0. The van der Waals surface area contributed by atoms with Gasteiger partial charge in [-0.2, -0.15) is 5.26 Å². The van der Waals surface area contributed by atoms with Crippen molar-refractivity contribution in [3.63, 3.8) is 0 Å². The Labute approximate surface area is 119 Å². The normalized spacial score (nSPS) is 10.9. The van der Waals surface area contributed by atoms with Crippen LogP contribution in [0.15, 0.2) is 12.1 Å². The van der Waals surface area contributed by atoms with E-state index in [1.807, 2.05) is 0 Å². The van der Waals surface area contributed by atoms with Crippen molar-refractivity contribution >= 4 is 5.97 Å². The first-order valence-corrected chi connectivity index (χ1v) is 5.98. The number of nitrogens with zero attached hydrogens (tertiary/aromatic N) is 1. The van der Waals surface area contributed by atoms with Crippen LogP contribution in [0.25, 0.3) is 0 Å². The molecule has 0 saturated heterocycles. The molecule has 1 aromatic carbocycles. The van der Waals surface area contributed by atoms with E-state index in [-0.39, 0.29) is 30.7 Å². The van der Waals surface area contributed by atoms with E-state index in [9.17, 15) is 18.0 Å². The highest BCUT2D eigenvalue weighted by molar-refractivity contribution is 5.73. The van der Waals surface area contributed by atoms with E-state index in [1.54, 1.807) is 13.0 Å². The van der Waals surface area contributed by atoms with Gasteiger partial charge in [-0.3, -0.25) is 4.79 Å². The summed E-state index contributed by atoms with van der Waals surface area (Å²) in [6.45, 7) is 1.55. The maximum absolute atomic E-state index is 12.3. The van der Waals surface area contributed by atoms with Crippen molar-refractivity contribution in [3.05, 3.63) is 28.8 Å². The Hall–Kier alpha value is -2.27. The predicted molar refractivity (Wildman–Crippen MR) is 66.1 cm³/mol. The molecule has 0 atom stereocenters. The summed E-state index contributed by atoms with van der Waals surface area (Å²) in [6, 6.07) is 4.05. The molecule has 0 bridgehead atoms. The van der Waals surface area contributed by atoms with Crippen LogP contribution in [-0.2, 0) is 22.5 Å². The molecule has 2 N–H and O–H groups in total. The first kappa shape index (κ1) is 16.8. The minimum atomic E-state index is -4.93. The molecule has 0 aromatic heterocycles. The molecule has 0 radical (unpaired) electrons. The predicted octanol–water partition coefficient (Wildman–Crippen LogP) is 2.02. The van der Waals surface area contributed by atoms with Gasteiger partial charge in [-0.1, -0.05) is 6.07 Å². The number of benzene rings is 1. The zero-order valence-electron chi connectivity index (χ0n) is 11.2. The molecule has 1 aromatic rings. The molecule has 0 unspecified atom stereocenters. The summed E-state index contributed by atoms with van der Waals surface area (Å²) in [4.78, 5) is 11.4. The average molecular weight is 302 g/mol. The SMILES string of the molecule is CCOC(=O)Cc1cc(C#N)c(OC(F)(F)F)c(CN)c1. The van der Waals surface area contributed by atoms with E-state index < -0.39 is 18.1 Å². The lowest BCUT2D eigenvalue weighted by Gasteiger charge is -2.15. The first-order chi connectivity index (χ1) is 9.80. The number of halogens is 3. The number of carbonyl (C=O) groups is 1. The largest absolute Gasteiger partial charge is 0.573 e. The van der Waals surface area contributed by atoms with Gasteiger partial charge in [-0.15, -0.1) is 13.2 Å². The Morgan fingerprint density at radius 2 is 2.10 bits per heavy atom. The van der Waals surface area contributed by atoms with Gasteiger partial charge < -0.3 is 15.2 Å². The molecule has 0 spiro atoms. The van der Waals surface area contributed by atoms with Crippen molar-refractivity contribution in [2.45, 2.75) is 26.3 Å². The lowest BCUT2D eigenvalue weighted by Crippen LogP contribution is -2.20. The van der Waals surface area contributed by atoms with Gasteiger partial charge in [-0.05, 0) is 18.6 Å². The molecule has 0 aliphatic carbocycles. The molecule has 21 heavy (non-hydrogen) atoms. The van der Waals surface area contributed by atoms with E-state index in [0.29, 0.717) is 5.56 Å². The number of ether oxygens (including phenoxy) is 2. The monoisotopic (exact) mass is 302 g/mol. The third-order valence-corrected chi connectivity index (χ3v) is 2.44. The van der Waals surface area contributed by atoms with Crippen LogP contribution in [0.1, 0.15) is 23.6 Å². The summed E-state index contributed by atoms with van der Waals surface area (Å²) in [5.74, 6) is -1.19. The van der Waals surface area contributed by atoms with E-state index in [0.717, 1.165) is 6.07 Å². The van der Waals surface area contributed by atoms with Gasteiger partial charge in [0, 0.05) is 12.1 Å². The van der Waals surface area contributed by atoms with E-state index in [2.05, 4.69) is 4.74 Å². The molecule has 0 heterocycles. The highest BCUT2D eigenvalue weighted by Crippen LogP contribution is 2.31. The van der Waals surface area contributed by atoms with Crippen molar-refractivity contribution in [2.24, 2.45) is 5.73 Å². The molecular formula is C13H13F3N2O3. The van der Waals surface area contributed by atoms with Gasteiger partial charge in [0.15, 0.2) is 5.75 Å². The van der Waals surface area contributed by atoms with Crippen LogP contribution in [0.3, 0.4) is 0 Å². The van der Waals surface area contributed by atoms with Crippen molar-refractivity contribution < 1.29 is 27.4 Å². The van der Waals surface area contributed by atoms with Crippen LogP contribution < -0.4 is 10.5 Å². The molecule has 0 fully saturated rings. The zero-order valence-corrected chi connectivity index (χ0v) is 11.2. The van der Waals surface area contributed by atoms with Crippen molar-refractivity contribution in [3.8, 4) is 11.8 Å². The maximum atomic E-state index is 12.3. The third kappa shape index (κ3) is 4.96. The van der Waals surface area contributed by atoms with Gasteiger partial charge in [0.1, 0.15) is 6.07 Å². The minimum Gasteiger partial charge on any atom is -0.466 e. The lowest BCUT2D eigenvalue weighted by molar-refractivity contribution is -0.275. The van der Waals surface area contributed by atoms with E-state index in [4.69, 9.17) is 15.7 Å². The smallest absolute Gasteiger partial charge is 0.466 e. The number of carbonyl (C=O) groups excluding carboxylic acids is 1. The van der Waals surface area contributed by atoms with Gasteiger partial charge in [0.2, 0.25) is 0 Å². The van der Waals surface area contributed by atoms with Crippen molar-refractivity contribution in [1.29, 1.82) is 5.26 Å². The molecular weight excluding hydrogens is 289 g/mol. The molecule has 0 aliphatic heterocycles. The number of rotatable bonds is 5. The van der Waals surface area contributed by atoms with Crippen molar-refractivity contribution in [2.75, 3.05) is 6.61 Å². The van der Waals surface area contributed by atoms with Crippen LogP contribution in [0.2, 0.25) is 0 Å². The Kier molecular flexibility index (Phi) is 5.55. The Balaban J connectivity index is 3.18. The molecule has 0 aliphatic rings. The fourth-order valence-corrected chi connectivity index (χ4v) is 1.71. The fourth-order valence-electron chi connectivity index (χ4n) is 1.71. The Morgan fingerprint density at radius 1 is 1.43 bits per heavy atom. The van der Waals surface area contributed by atoms with Gasteiger partial charge >= 0.3 is 12.3 Å². The molecule has 114 valence electrons. The zero-order chi connectivity index (χ0) is 16.0. The van der Waals surface area contributed by atoms with Crippen LogP contribution >= 0.6 is 0 Å². The highest BCUT2D eigenvalue weighted by Gasteiger charge is 2.33. The molecule has 0 saturated carbocycles. The Morgan fingerprint density at radius 3 is 2.57 bits per heavy atom. The number of nitriles is 1. The van der Waals surface area contributed by atoms with Crippen LogP contribution in [0.5, 0.6) is 5.75 Å². The molecule has 8 heteroatoms. The second-order valence-corrected chi connectivity index (χ2v) is 3.98. The quantitative estimate of drug-likeness (QED) is 0.841. The first-order valence-electron chi connectivity index (χ1n) is 5.98. The summed E-state index contributed by atoms with van der Waals surface area (Å²) in [5.41, 5.74) is 5.36. The lowest BCUT2D eigenvalue weighted by atomic mass is 10.0. The number of hydrogen-bond donors (Lipinski definition) is 1. The standard InChI is InChI=1S/C13H13F3N2O3/c1-2-20-11(19)5-8-3-9(6-17)12(10(4-8)7-18)21-13(14,15)16/h3-4H,2,5-6,17H2,1H3. The molecule has 1 rings (SSSR count). The molecule has 0 amide bonds. The van der Waals surface area contributed by atoms with Crippen LogP contribution in [0, 0.1) is 11.3 Å². The summed E-state index contributed by atoms with van der Waals surface area (Å²) in [7, 11) is 0. The average Bonchev–Trinajstić information content (AvgIpc) is 2.38. The summed E-state index contributed by atoms with van der Waals surface area (Å²) in [6.07, 6.45) is -5.10. The second-order valence-electron chi connectivity index (χ2n) is 3.98. The third-order valence-electron chi connectivity index (χ3n) is 2.44. The van der Waals surface area contributed by atoms with E-state index >= 15 is 0 Å². The number of hydrogen-bond acceptors (Lipinski definition) is 5. The highest BCUT2D eigenvalue weighted by atomic mass is 19.4.